The Balaban J connectivity index is 1.69. The van der Waals surface area contributed by atoms with Gasteiger partial charge < -0.3 is 10.6 Å². The Labute approximate surface area is 138 Å². The highest BCUT2D eigenvalue weighted by Crippen LogP contribution is 2.38. The fourth-order valence-corrected chi connectivity index (χ4v) is 4.03. The number of anilines is 1. The van der Waals surface area contributed by atoms with E-state index >= 15 is 0 Å². The molecule has 124 valence electrons. The maximum atomic E-state index is 12.7. The van der Waals surface area contributed by atoms with Gasteiger partial charge in [0, 0.05) is 11.1 Å². The molecule has 3 rings (SSSR count). The zero-order chi connectivity index (χ0) is 16.6. The number of amides is 4. The third-order valence-electron chi connectivity index (χ3n) is 4.67. The van der Waals surface area contributed by atoms with Crippen LogP contribution in [-0.4, -0.2) is 39.8 Å². The van der Waals surface area contributed by atoms with E-state index in [1.54, 1.807) is 6.20 Å². The van der Waals surface area contributed by atoms with Crippen molar-refractivity contribution in [1.29, 1.82) is 0 Å². The molecule has 0 radical (unpaired) electrons. The van der Waals surface area contributed by atoms with E-state index in [1.807, 2.05) is 13.8 Å². The summed E-state index contributed by atoms with van der Waals surface area (Å²) in [6.45, 7) is 3.59. The number of hydrogen-bond donors (Lipinski definition) is 2. The van der Waals surface area contributed by atoms with Gasteiger partial charge in [0.15, 0.2) is 5.13 Å². The van der Waals surface area contributed by atoms with E-state index in [0.29, 0.717) is 11.6 Å². The molecule has 1 aromatic rings. The van der Waals surface area contributed by atoms with Crippen LogP contribution in [0.4, 0.5) is 9.93 Å². The molecule has 7 nitrogen and oxygen atoms in total. The molecule has 4 amide bonds. The Hall–Kier alpha value is -1.96. The number of nitrogens with zero attached hydrogens (tertiary/aromatic N) is 2. The van der Waals surface area contributed by atoms with Gasteiger partial charge in [-0.25, -0.2) is 9.78 Å². The standard InChI is InChI=1S/C15H20N4O3S/c1-9-5-3-4-6-15(9)12(21)19(14(22)18-15)8-11(20)17-13-16-7-10(2)23-13/h7,9H,3-6,8H2,1-2H3,(H,18,22)(H,16,17,20). The minimum absolute atomic E-state index is 0.0855. The second kappa shape index (κ2) is 5.92. The Kier molecular flexibility index (Phi) is 4.09. The molecule has 1 spiro atoms. The molecule has 1 aliphatic heterocycles. The summed E-state index contributed by atoms with van der Waals surface area (Å²) in [4.78, 5) is 43.1. The first-order valence-electron chi connectivity index (χ1n) is 7.79. The Morgan fingerprint density at radius 2 is 2.30 bits per heavy atom. The van der Waals surface area contributed by atoms with Crippen molar-refractivity contribution in [2.45, 2.75) is 45.1 Å². The second-order valence-electron chi connectivity index (χ2n) is 6.26. The van der Waals surface area contributed by atoms with Crippen LogP contribution < -0.4 is 10.6 Å². The summed E-state index contributed by atoms with van der Waals surface area (Å²) in [5.41, 5.74) is -0.826. The number of imide groups is 1. The lowest BCUT2D eigenvalue weighted by molar-refractivity contribution is -0.136. The number of hydrogen-bond acceptors (Lipinski definition) is 5. The molecule has 1 aromatic heterocycles. The molecule has 1 aliphatic carbocycles. The third kappa shape index (κ3) is 2.83. The monoisotopic (exact) mass is 336 g/mol. The number of urea groups is 1. The van der Waals surface area contributed by atoms with Crippen LogP contribution in [0.25, 0.3) is 0 Å². The van der Waals surface area contributed by atoms with Crippen LogP contribution in [0, 0.1) is 12.8 Å². The molecule has 0 aromatic carbocycles. The molecule has 2 unspecified atom stereocenters. The van der Waals surface area contributed by atoms with Gasteiger partial charge in [0.2, 0.25) is 5.91 Å². The second-order valence-corrected chi connectivity index (χ2v) is 7.50. The lowest BCUT2D eigenvalue weighted by atomic mass is 9.73. The molecule has 2 aliphatic rings. The van der Waals surface area contributed by atoms with Crippen molar-refractivity contribution in [1.82, 2.24) is 15.2 Å². The van der Waals surface area contributed by atoms with Crippen molar-refractivity contribution in [2.75, 3.05) is 11.9 Å². The average Bonchev–Trinajstić information content (AvgIpc) is 3.00. The molecule has 2 N–H and O–H groups in total. The third-order valence-corrected chi connectivity index (χ3v) is 5.50. The van der Waals surface area contributed by atoms with Gasteiger partial charge in [-0.3, -0.25) is 14.5 Å². The highest BCUT2D eigenvalue weighted by Gasteiger charge is 2.55. The highest BCUT2D eigenvalue weighted by atomic mass is 32.1. The van der Waals surface area contributed by atoms with Crippen molar-refractivity contribution in [3.05, 3.63) is 11.1 Å². The quantitative estimate of drug-likeness (QED) is 0.825. The fraction of sp³-hybridized carbons (Fsp3) is 0.600. The summed E-state index contributed by atoms with van der Waals surface area (Å²) in [7, 11) is 0. The summed E-state index contributed by atoms with van der Waals surface area (Å²) >= 11 is 1.35. The number of carbonyl (C=O) groups excluding carboxylic acids is 3. The van der Waals surface area contributed by atoms with Gasteiger partial charge in [0.25, 0.3) is 5.91 Å². The summed E-state index contributed by atoms with van der Waals surface area (Å²) in [5, 5.41) is 5.94. The summed E-state index contributed by atoms with van der Waals surface area (Å²) < 4.78 is 0. The molecule has 2 fully saturated rings. The van der Waals surface area contributed by atoms with E-state index in [4.69, 9.17) is 0 Å². The van der Waals surface area contributed by atoms with Gasteiger partial charge in [-0.05, 0) is 25.7 Å². The topological polar surface area (TPSA) is 91.4 Å². The Morgan fingerprint density at radius 1 is 1.52 bits per heavy atom. The van der Waals surface area contributed by atoms with Crippen LogP contribution in [0.3, 0.4) is 0 Å². The summed E-state index contributed by atoms with van der Waals surface area (Å²) in [5.74, 6) is -0.606. The number of carbonyl (C=O) groups is 3. The van der Waals surface area contributed by atoms with E-state index in [0.717, 1.165) is 29.0 Å². The van der Waals surface area contributed by atoms with E-state index in [1.165, 1.54) is 11.3 Å². The smallest absolute Gasteiger partial charge is 0.323 e. The van der Waals surface area contributed by atoms with Crippen LogP contribution in [-0.2, 0) is 9.59 Å². The van der Waals surface area contributed by atoms with Gasteiger partial charge in [0.1, 0.15) is 12.1 Å². The first kappa shape index (κ1) is 15.9. The summed E-state index contributed by atoms with van der Waals surface area (Å²) in [6, 6.07) is -0.478. The highest BCUT2D eigenvalue weighted by molar-refractivity contribution is 7.15. The predicted molar refractivity (Wildman–Crippen MR) is 86.1 cm³/mol. The minimum atomic E-state index is -0.826. The van der Waals surface area contributed by atoms with Crippen LogP contribution in [0.2, 0.25) is 0 Å². The van der Waals surface area contributed by atoms with Crippen molar-refractivity contribution >= 4 is 34.3 Å². The molecule has 1 saturated carbocycles. The molecule has 2 atom stereocenters. The molecule has 8 heteroatoms. The zero-order valence-electron chi connectivity index (χ0n) is 13.2. The van der Waals surface area contributed by atoms with E-state index in [9.17, 15) is 14.4 Å². The number of rotatable bonds is 3. The first-order valence-corrected chi connectivity index (χ1v) is 8.60. The molecular formula is C15H20N4O3S. The molecule has 23 heavy (non-hydrogen) atoms. The van der Waals surface area contributed by atoms with Crippen LogP contribution >= 0.6 is 11.3 Å². The normalized spacial score (nSPS) is 27.4. The number of aryl methyl sites for hydroxylation is 1. The van der Waals surface area contributed by atoms with E-state index in [-0.39, 0.29) is 18.4 Å². The van der Waals surface area contributed by atoms with Gasteiger partial charge in [-0.15, -0.1) is 11.3 Å². The van der Waals surface area contributed by atoms with E-state index < -0.39 is 17.5 Å². The largest absolute Gasteiger partial charge is 0.325 e. The molecule has 2 heterocycles. The van der Waals surface area contributed by atoms with Crippen molar-refractivity contribution in [3.8, 4) is 0 Å². The van der Waals surface area contributed by atoms with Crippen LogP contribution in [0.1, 0.15) is 37.5 Å². The Morgan fingerprint density at radius 3 is 2.96 bits per heavy atom. The lowest BCUT2D eigenvalue weighted by Crippen LogP contribution is -2.54. The number of thiazole rings is 1. The minimum Gasteiger partial charge on any atom is -0.323 e. The van der Waals surface area contributed by atoms with Crippen molar-refractivity contribution in [2.24, 2.45) is 5.92 Å². The maximum absolute atomic E-state index is 12.7. The Bertz CT molecular complexity index is 659. The number of nitrogens with one attached hydrogen (secondary N) is 2. The van der Waals surface area contributed by atoms with Gasteiger partial charge in [-0.2, -0.15) is 0 Å². The molecule has 1 saturated heterocycles. The molecule has 0 bridgehead atoms. The zero-order valence-corrected chi connectivity index (χ0v) is 14.0. The van der Waals surface area contributed by atoms with E-state index in [2.05, 4.69) is 15.6 Å². The summed E-state index contributed by atoms with van der Waals surface area (Å²) in [6.07, 6.45) is 5.18. The molecular weight excluding hydrogens is 316 g/mol. The van der Waals surface area contributed by atoms with Crippen LogP contribution in [0.15, 0.2) is 6.20 Å². The predicted octanol–water partition coefficient (Wildman–Crippen LogP) is 1.89. The maximum Gasteiger partial charge on any atom is 0.325 e. The SMILES string of the molecule is Cc1cnc(NC(=O)CN2C(=O)NC3(CCCCC3C)C2=O)s1. The first-order chi connectivity index (χ1) is 10.9. The van der Waals surface area contributed by atoms with Crippen LogP contribution in [0.5, 0.6) is 0 Å². The fourth-order valence-electron chi connectivity index (χ4n) is 3.35. The van der Waals surface area contributed by atoms with Gasteiger partial charge >= 0.3 is 6.03 Å². The van der Waals surface area contributed by atoms with Gasteiger partial charge in [0.05, 0.1) is 0 Å². The van der Waals surface area contributed by atoms with Crippen molar-refractivity contribution < 1.29 is 14.4 Å². The lowest BCUT2D eigenvalue weighted by Gasteiger charge is -2.36. The van der Waals surface area contributed by atoms with Crippen molar-refractivity contribution in [3.63, 3.8) is 0 Å². The average molecular weight is 336 g/mol. The van der Waals surface area contributed by atoms with Gasteiger partial charge in [-0.1, -0.05) is 19.8 Å². The number of aromatic nitrogens is 1.